The van der Waals surface area contributed by atoms with E-state index in [-0.39, 0.29) is 5.75 Å². The minimum absolute atomic E-state index is 0.102. The predicted octanol–water partition coefficient (Wildman–Crippen LogP) is 0.0365. The van der Waals surface area contributed by atoms with Crippen LogP contribution in [0.25, 0.3) is 0 Å². The number of hydrogen-bond acceptors (Lipinski definition) is 4. The van der Waals surface area contributed by atoms with Gasteiger partial charge in [0.15, 0.2) is 0 Å². The first-order chi connectivity index (χ1) is 7.60. The van der Waals surface area contributed by atoms with Crippen LogP contribution in [0.1, 0.15) is 19.8 Å². The molecule has 1 fully saturated rings. The summed E-state index contributed by atoms with van der Waals surface area (Å²) in [6.45, 7) is 3.98. The van der Waals surface area contributed by atoms with Gasteiger partial charge in [0.2, 0.25) is 10.0 Å². The van der Waals surface area contributed by atoms with E-state index in [0.29, 0.717) is 32.3 Å². The monoisotopic (exact) mass is 250 g/mol. The van der Waals surface area contributed by atoms with Gasteiger partial charge < -0.3 is 10.1 Å². The fraction of sp³-hybridized carbons (Fsp3) is 1.00. The Hall–Kier alpha value is -0.170. The molecule has 5 nitrogen and oxygen atoms in total. The van der Waals surface area contributed by atoms with Gasteiger partial charge in [-0.25, -0.2) is 12.7 Å². The Morgan fingerprint density at radius 2 is 2.00 bits per heavy atom. The summed E-state index contributed by atoms with van der Waals surface area (Å²) in [5.41, 5.74) is 0. The molecule has 0 spiro atoms. The van der Waals surface area contributed by atoms with Gasteiger partial charge in [0.25, 0.3) is 0 Å². The second-order valence-electron chi connectivity index (χ2n) is 3.97. The Kier molecular flexibility index (Phi) is 5.68. The van der Waals surface area contributed by atoms with Crippen LogP contribution in [0.4, 0.5) is 0 Å². The van der Waals surface area contributed by atoms with Crippen LogP contribution in [0.3, 0.4) is 0 Å². The molecule has 1 N–H and O–H groups in total. The molecule has 0 unspecified atom stereocenters. The molecule has 0 radical (unpaired) electrons. The molecule has 96 valence electrons. The van der Waals surface area contributed by atoms with Crippen molar-refractivity contribution in [3.8, 4) is 0 Å². The molecule has 0 aromatic heterocycles. The second-order valence-corrected chi connectivity index (χ2v) is 6.06. The molecule has 1 rings (SSSR count). The first-order valence-electron chi connectivity index (χ1n) is 5.83. The smallest absolute Gasteiger partial charge is 0.216 e. The summed E-state index contributed by atoms with van der Waals surface area (Å²) >= 11 is 0. The van der Waals surface area contributed by atoms with E-state index in [9.17, 15) is 8.42 Å². The standard InChI is InChI=1S/C10H22N2O3S/c1-3-15-8-9-16(13,14)12-6-4-10(11-2)5-7-12/h10-11H,3-9H2,1-2H3. The second kappa shape index (κ2) is 6.54. The van der Waals surface area contributed by atoms with Crippen LogP contribution in [0.2, 0.25) is 0 Å². The molecule has 1 heterocycles. The molecule has 1 aliphatic heterocycles. The van der Waals surface area contributed by atoms with E-state index >= 15 is 0 Å². The average Bonchev–Trinajstić information content (AvgIpc) is 2.29. The molecule has 1 saturated heterocycles. The molecule has 0 aromatic rings. The number of piperidine rings is 1. The number of rotatable bonds is 6. The van der Waals surface area contributed by atoms with Crippen molar-refractivity contribution in [2.24, 2.45) is 0 Å². The molecule has 0 aliphatic carbocycles. The quantitative estimate of drug-likeness (QED) is 0.676. The van der Waals surface area contributed by atoms with E-state index in [1.807, 2.05) is 14.0 Å². The lowest BCUT2D eigenvalue weighted by atomic mass is 10.1. The highest BCUT2D eigenvalue weighted by Crippen LogP contribution is 2.14. The van der Waals surface area contributed by atoms with E-state index in [2.05, 4.69) is 5.32 Å². The van der Waals surface area contributed by atoms with Gasteiger partial charge >= 0.3 is 0 Å². The zero-order valence-corrected chi connectivity index (χ0v) is 10.9. The summed E-state index contributed by atoms with van der Waals surface area (Å²) < 4.78 is 30.4. The molecule has 0 aromatic carbocycles. The summed E-state index contributed by atoms with van der Waals surface area (Å²) in [5.74, 6) is 0.102. The average molecular weight is 250 g/mol. The van der Waals surface area contributed by atoms with Crippen molar-refractivity contribution >= 4 is 10.0 Å². The Labute approximate surface area is 98.2 Å². The Bertz CT molecular complexity index is 284. The molecule has 0 bridgehead atoms. The van der Waals surface area contributed by atoms with E-state index in [0.717, 1.165) is 12.8 Å². The molecule has 0 saturated carbocycles. The highest BCUT2D eigenvalue weighted by atomic mass is 32.2. The van der Waals surface area contributed by atoms with Crippen LogP contribution in [0.15, 0.2) is 0 Å². The van der Waals surface area contributed by atoms with E-state index < -0.39 is 10.0 Å². The highest BCUT2D eigenvalue weighted by molar-refractivity contribution is 7.89. The van der Waals surface area contributed by atoms with Crippen molar-refractivity contribution in [2.75, 3.05) is 39.1 Å². The fourth-order valence-corrected chi connectivity index (χ4v) is 3.21. The van der Waals surface area contributed by atoms with Gasteiger partial charge in [-0.3, -0.25) is 0 Å². The summed E-state index contributed by atoms with van der Waals surface area (Å²) in [6.07, 6.45) is 1.79. The van der Waals surface area contributed by atoms with Gasteiger partial charge in [-0.05, 0) is 26.8 Å². The zero-order chi connectivity index (χ0) is 12.0. The van der Waals surface area contributed by atoms with Crippen molar-refractivity contribution in [3.05, 3.63) is 0 Å². The van der Waals surface area contributed by atoms with E-state index in [4.69, 9.17) is 4.74 Å². The van der Waals surface area contributed by atoms with E-state index in [1.54, 1.807) is 4.31 Å². The number of nitrogens with zero attached hydrogens (tertiary/aromatic N) is 1. The van der Waals surface area contributed by atoms with Gasteiger partial charge in [0, 0.05) is 25.7 Å². The van der Waals surface area contributed by atoms with Crippen LogP contribution in [-0.4, -0.2) is 57.9 Å². The Morgan fingerprint density at radius 3 is 2.50 bits per heavy atom. The maximum Gasteiger partial charge on any atom is 0.216 e. The Balaban J connectivity index is 2.39. The lowest BCUT2D eigenvalue weighted by Crippen LogP contribution is -2.45. The summed E-state index contributed by atoms with van der Waals surface area (Å²) in [5, 5.41) is 3.18. The van der Waals surface area contributed by atoms with Crippen molar-refractivity contribution in [1.82, 2.24) is 9.62 Å². The SMILES string of the molecule is CCOCCS(=O)(=O)N1CCC(NC)CC1. The largest absolute Gasteiger partial charge is 0.381 e. The fourth-order valence-electron chi connectivity index (χ4n) is 1.86. The first-order valence-corrected chi connectivity index (χ1v) is 7.44. The summed E-state index contributed by atoms with van der Waals surface area (Å²) in [6, 6.07) is 0.457. The number of ether oxygens (including phenoxy) is 1. The van der Waals surface area contributed by atoms with Crippen molar-refractivity contribution in [3.63, 3.8) is 0 Å². The molecule has 1 aliphatic rings. The summed E-state index contributed by atoms with van der Waals surface area (Å²) in [4.78, 5) is 0. The van der Waals surface area contributed by atoms with Gasteiger partial charge in [0.1, 0.15) is 0 Å². The van der Waals surface area contributed by atoms with Gasteiger partial charge in [-0.2, -0.15) is 0 Å². The molecular weight excluding hydrogens is 228 g/mol. The van der Waals surface area contributed by atoms with Crippen LogP contribution in [-0.2, 0) is 14.8 Å². The minimum atomic E-state index is -3.11. The van der Waals surface area contributed by atoms with Crippen LogP contribution >= 0.6 is 0 Å². The highest BCUT2D eigenvalue weighted by Gasteiger charge is 2.26. The maximum atomic E-state index is 11.9. The number of nitrogens with one attached hydrogen (secondary N) is 1. The van der Waals surface area contributed by atoms with Gasteiger partial charge in [-0.1, -0.05) is 0 Å². The molecule has 16 heavy (non-hydrogen) atoms. The third-order valence-corrected chi connectivity index (χ3v) is 4.78. The molecule has 0 amide bonds. The predicted molar refractivity (Wildman–Crippen MR) is 63.9 cm³/mol. The van der Waals surface area contributed by atoms with Crippen LogP contribution in [0, 0.1) is 0 Å². The Morgan fingerprint density at radius 1 is 1.38 bits per heavy atom. The normalized spacial score (nSPS) is 20.1. The molecular formula is C10H22N2O3S. The van der Waals surface area contributed by atoms with Crippen molar-refractivity contribution in [1.29, 1.82) is 0 Å². The van der Waals surface area contributed by atoms with E-state index in [1.165, 1.54) is 0 Å². The topological polar surface area (TPSA) is 58.6 Å². The number of sulfonamides is 1. The third kappa shape index (κ3) is 4.01. The maximum absolute atomic E-state index is 11.9. The molecule has 0 atom stereocenters. The first kappa shape index (κ1) is 13.9. The lowest BCUT2D eigenvalue weighted by molar-refractivity contribution is 0.162. The lowest BCUT2D eigenvalue weighted by Gasteiger charge is -2.30. The van der Waals surface area contributed by atoms with Crippen LogP contribution < -0.4 is 5.32 Å². The third-order valence-electron chi connectivity index (χ3n) is 2.95. The van der Waals surface area contributed by atoms with Crippen LogP contribution in [0.5, 0.6) is 0 Å². The van der Waals surface area contributed by atoms with Gasteiger partial charge in [-0.15, -0.1) is 0 Å². The van der Waals surface area contributed by atoms with Crippen molar-refractivity contribution in [2.45, 2.75) is 25.8 Å². The zero-order valence-electron chi connectivity index (χ0n) is 10.1. The summed E-state index contributed by atoms with van der Waals surface area (Å²) in [7, 11) is -1.19. The van der Waals surface area contributed by atoms with Crippen molar-refractivity contribution < 1.29 is 13.2 Å². The number of hydrogen-bond donors (Lipinski definition) is 1. The minimum Gasteiger partial charge on any atom is -0.381 e. The molecule has 6 heteroatoms. The van der Waals surface area contributed by atoms with Gasteiger partial charge in [0.05, 0.1) is 12.4 Å².